The van der Waals surface area contributed by atoms with E-state index >= 15 is 0 Å². The van der Waals surface area contributed by atoms with Crippen molar-refractivity contribution in [3.63, 3.8) is 0 Å². The highest BCUT2D eigenvalue weighted by Gasteiger charge is 2.06. The molecule has 0 aliphatic rings. The summed E-state index contributed by atoms with van der Waals surface area (Å²) >= 11 is 1.89. The molecule has 1 atom stereocenters. The minimum absolute atomic E-state index is 0.322. The van der Waals surface area contributed by atoms with Crippen LogP contribution in [0.5, 0.6) is 5.75 Å². The van der Waals surface area contributed by atoms with Crippen molar-refractivity contribution in [2.24, 2.45) is 0 Å². The first kappa shape index (κ1) is 14.1. The largest absolute Gasteiger partial charge is 0.497 e. The molecule has 0 fully saturated rings. The van der Waals surface area contributed by atoms with Crippen LogP contribution in [-0.2, 0) is 13.0 Å². The second kappa shape index (κ2) is 6.73. The van der Waals surface area contributed by atoms with Gasteiger partial charge in [-0.1, -0.05) is 19.1 Å². The maximum Gasteiger partial charge on any atom is 0.119 e. The van der Waals surface area contributed by atoms with Gasteiger partial charge in [0.1, 0.15) is 5.75 Å². The van der Waals surface area contributed by atoms with Crippen LogP contribution < -0.4 is 10.1 Å². The lowest BCUT2D eigenvalue weighted by Crippen LogP contribution is -2.17. The fraction of sp³-hybridized carbons (Fsp3) is 0.375. The second-order valence-electron chi connectivity index (χ2n) is 4.60. The number of rotatable bonds is 6. The molecule has 0 saturated heterocycles. The Morgan fingerprint density at radius 1 is 1.21 bits per heavy atom. The predicted octanol–water partition coefficient (Wildman–Crippen LogP) is 4.17. The number of methoxy groups -OCH3 is 1. The Morgan fingerprint density at radius 2 is 2.00 bits per heavy atom. The Morgan fingerprint density at radius 3 is 2.68 bits per heavy atom. The molecular weight excluding hydrogens is 254 g/mol. The van der Waals surface area contributed by atoms with Crippen LogP contribution in [0.4, 0.5) is 0 Å². The summed E-state index contributed by atoms with van der Waals surface area (Å²) in [7, 11) is 1.70. The average Bonchev–Trinajstić information content (AvgIpc) is 2.93. The molecule has 0 bridgehead atoms. The Labute approximate surface area is 119 Å². The highest BCUT2D eigenvalue weighted by atomic mass is 32.1. The van der Waals surface area contributed by atoms with Gasteiger partial charge >= 0.3 is 0 Å². The van der Waals surface area contributed by atoms with Gasteiger partial charge in [0.25, 0.3) is 0 Å². The van der Waals surface area contributed by atoms with E-state index in [1.807, 2.05) is 23.5 Å². The van der Waals surface area contributed by atoms with Gasteiger partial charge in [-0.05, 0) is 43.2 Å². The summed E-state index contributed by atoms with van der Waals surface area (Å²) in [6.45, 7) is 5.30. The second-order valence-corrected chi connectivity index (χ2v) is 5.85. The Hall–Kier alpha value is -1.32. The molecule has 1 N–H and O–H groups in total. The molecule has 2 nitrogen and oxygen atoms in total. The van der Waals surface area contributed by atoms with Crippen molar-refractivity contribution >= 4 is 11.3 Å². The molecule has 0 aliphatic carbocycles. The van der Waals surface area contributed by atoms with Crippen molar-refractivity contribution in [2.75, 3.05) is 7.11 Å². The first-order valence-electron chi connectivity index (χ1n) is 6.68. The summed E-state index contributed by atoms with van der Waals surface area (Å²) in [5, 5.41) is 3.56. The van der Waals surface area contributed by atoms with Gasteiger partial charge in [0.2, 0.25) is 0 Å². The van der Waals surface area contributed by atoms with Gasteiger partial charge < -0.3 is 10.1 Å². The molecule has 0 amide bonds. The summed E-state index contributed by atoms with van der Waals surface area (Å²) < 4.78 is 5.26. The molecule has 0 unspecified atom stereocenters. The molecule has 1 aromatic heterocycles. The van der Waals surface area contributed by atoms with Crippen LogP contribution in [-0.4, -0.2) is 7.11 Å². The van der Waals surface area contributed by atoms with Crippen molar-refractivity contribution in [2.45, 2.75) is 32.9 Å². The van der Waals surface area contributed by atoms with Crippen LogP contribution in [0, 0.1) is 0 Å². The van der Waals surface area contributed by atoms with Gasteiger partial charge in [0, 0.05) is 22.3 Å². The van der Waals surface area contributed by atoms with Gasteiger partial charge in [-0.15, -0.1) is 11.3 Å². The Balaban J connectivity index is 1.94. The molecule has 1 aromatic carbocycles. The van der Waals surface area contributed by atoms with Crippen molar-refractivity contribution in [1.82, 2.24) is 5.32 Å². The maximum atomic E-state index is 5.26. The fourth-order valence-electron chi connectivity index (χ4n) is 1.99. The van der Waals surface area contributed by atoms with E-state index in [2.05, 4.69) is 43.4 Å². The smallest absolute Gasteiger partial charge is 0.119 e. The summed E-state index contributed by atoms with van der Waals surface area (Å²) in [6.07, 6.45) is 1.12. The normalized spacial score (nSPS) is 12.4. The number of thiophene rings is 1. The summed E-state index contributed by atoms with van der Waals surface area (Å²) in [5.74, 6) is 0.913. The number of nitrogens with one attached hydrogen (secondary N) is 1. The third-order valence-corrected chi connectivity index (χ3v) is 4.47. The van der Waals surface area contributed by atoms with E-state index in [0.717, 1.165) is 18.7 Å². The van der Waals surface area contributed by atoms with E-state index < -0.39 is 0 Å². The lowest BCUT2D eigenvalue weighted by Gasteiger charge is -2.14. The molecule has 3 heteroatoms. The number of benzene rings is 1. The standard InChI is InChI=1S/C16H21NOS/c1-4-15-8-9-16(19-15)11-17-12(2)13-6-5-7-14(10-13)18-3/h5-10,12,17H,4,11H2,1-3H3/t12-/m1/s1. The number of hydrogen-bond acceptors (Lipinski definition) is 3. The quantitative estimate of drug-likeness (QED) is 0.854. The molecule has 0 aliphatic heterocycles. The van der Waals surface area contributed by atoms with Crippen molar-refractivity contribution in [3.8, 4) is 5.75 Å². The molecule has 0 radical (unpaired) electrons. The molecule has 0 saturated carbocycles. The number of aryl methyl sites for hydroxylation is 1. The topological polar surface area (TPSA) is 21.3 Å². The maximum absolute atomic E-state index is 5.26. The van der Waals surface area contributed by atoms with E-state index in [1.54, 1.807) is 7.11 Å². The molecular formula is C16H21NOS. The first-order chi connectivity index (χ1) is 9.22. The average molecular weight is 275 g/mol. The van der Waals surface area contributed by atoms with Crippen molar-refractivity contribution in [3.05, 3.63) is 51.7 Å². The fourth-order valence-corrected chi connectivity index (χ4v) is 2.90. The van der Waals surface area contributed by atoms with E-state index in [4.69, 9.17) is 4.74 Å². The molecule has 2 aromatic rings. The monoisotopic (exact) mass is 275 g/mol. The van der Waals surface area contributed by atoms with Crippen LogP contribution in [0.15, 0.2) is 36.4 Å². The lowest BCUT2D eigenvalue weighted by atomic mass is 10.1. The zero-order valence-electron chi connectivity index (χ0n) is 11.8. The molecule has 1 heterocycles. The van der Waals surface area contributed by atoms with Crippen molar-refractivity contribution < 1.29 is 4.74 Å². The molecule has 102 valence electrons. The third-order valence-electron chi connectivity index (χ3n) is 3.24. The van der Waals surface area contributed by atoms with E-state index in [0.29, 0.717) is 6.04 Å². The Kier molecular flexibility index (Phi) is 5.00. The lowest BCUT2D eigenvalue weighted by molar-refractivity contribution is 0.413. The summed E-state index contributed by atoms with van der Waals surface area (Å²) in [5.41, 5.74) is 1.26. The highest BCUT2D eigenvalue weighted by molar-refractivity contribution is 7.11. The SMILES string of the molecule is CCc1ccc(CN[C@H](C)c2cccc(OC)c2)s1. The number of hydrogen-bond donors (Lipinski definition) is 1. The van der Waals surface area contributed by atoms with Crippen LogP contribution in [0.1, 0.15) is 35.2 Å². The van der Waals surface area contributed by atoms with E-state index in [-0.39, 0.29) is 0 Å². The molecule has 2 rings (SSSR count). The van der Waals surface area contributed by atoms with Crippen molar-refractivity contribution in [1.29, 1.82) is 0 Å². The third kappa shape index (κ3) is 3.82. The molecule has 19 heavy (non-hydrogen) atoms. The number of ether oxygens (including phenoxy) is 1. The van der Waals surface area contributed by atoms with E-state index in [9.17, 15) is 0 Å². The van der Waals surface area contributed by atoms with Gasteiger partial charge in [-0.25, -0.2) is 0 Å². The summed E-state index contributed by atoms with van der Waals surface area (Å²) in [4.78, 5) is 2.84. The first-order valence-corrected chi connectivity index (χ1v) is 7.49. The van der Waals surface area contributed by atoms with Crippen LogP contribution >= 0.6 is 11.3 Å². The summed E-state index contributed by atoms with van der Waals surface area (Å²) in [6, 6.07) is 13.0. The van der Waals surface area contributed by atoms with Gasteiger partial charge in [0.05, 0.1) is 7.11 Å². The van der Waals surface area contributed by atoms with Crippen LogP contribution in [0.2, 0.25) is 0 Å². The minimum Gasteiger partial charge on any atom is -0.497 e. The Bertz CT molecular complexity index is 521. The predicted molar refractivity (Wildman–Crippen MR) is 81.9 cm³/mol. The van der Waals surface area contributed by atoms with Crippen LogP contribution in [0.25, 0.3) is 0 Å². The minimum atomic E-state index is 0.322. The zero-order valence-corrected chi connectivity index (χ0v) is 12.6. The van der Waals surface area contributed by atoms with Gasteiger partial charge in [0.15, 0.2) is 0 Å². The van der Waals surface area contributed by atoms with Crippen LogP contribution in [0.3, 0.4) is 0 Å². The van der Waals surface area contributed by atoms with Gasteiger partial charge in [-0.3, -0.25) is 0 Å². The zero-order chi connectivity index (χ0) is 13.7. The molecule has 0 spiro atoms. The van der Waals surface area contributed by atoms with Gasteiger partial charge in [-0.2, -0.15) is 0 Å². The van der Waals surface area contributed by atoms with E-state index in [1.165, 1.54) is 15.3 Å². The highest BCUT2D eigenvalue weighted by Crippen LogP contribution is 2.21.